The Morgan fingerprint density at radius 2 is 1.45 bits per heavy atom. The number of allylic oxidation sites excluding steroid dienone is 3. The standard InChI is InChI=1S/C25H32O8/c1-8-11(4)18(27)16-22(31)14(23(32)25(6,7)24(16)33)9-13-19(28)12(5)20(29)15(21(13)30)17(26)10(2)3/h10-11,28-32H,8-9H2,1-7H3/t11-/m1/s1. The SMILES string of the molecule is CC[C@@H](C)C(=O)C1=C(O)C(Cc2c(O)c(C)c(O)c(C(=O)C(C)C)c2O)=C(O)C(C)(C)C1=O. The summed E-state index contributed by atoms with van der Waals surface area (Å²) < 4.78 is 0. The van der Waals surface area contributed by atoms with Crippen molar-refractivity contribution >= 4 is 17.3 Å². The lowest BCUT2D eigenvalue weighted by molar-refractivity contribution is -0.128. The fourth-order valence-corrected chi connectivity index (χ4v) is 3.76. The number of aliphatic hydroxyl groups excluding tert-OH is 2. The van der Waals surface area contributed by atoms with Gasteiger partial charge in [-0.25, -0.2) is 0 Å². The van der Waals surface area contributed by atoms with Gasteiger partial charge in [0.25, 0.3) is 0 Å². The third-order valence-corrected chi connectivity index (χ3v) is 6.38. The van der Waals surface area contributed by atoms with E-state index >= 15 is 0 Å². The average molecular weight is 461 g/mol. The van der Waals surface area contributed by atoms with Crippen LogP contribution in [0.1, 0.15) is 69.4 Å². The van der Waals surface area contributed by atoms with Crippen molar-refractivity contribution in [3.05, 3.63) is 39.4 Å². The molecule has 0 radical (unpaired) electrons. The number of aromatic hydroxyl groups is 3. The maximum atomic E-state index is 13.0. The van der Waals surface area contributed by atoms with Crippen LogP contribution in [0.4, 0.5) is 0 Å². The molecule has 8 heteroatoms. The fraction of sp³-hybridized carbons (Fsp3) is 0.480. The molecule has 0 bridgehead atoms. The third kappa shape index (κ3) is 4.10. The van der Waals surface area contributed by atoms with E-state index in [4.69, 9.17) is 0 Å². The van der Waals surface area contributed by atoms with Crippen LogP contribution in [-0.4, -0.2) is 42.9 Å². The minimum absolute atomic E-state index is 0.0718. The first-order valence-corrected chi connectivity index (χ1v) is 10.9. The predicted molar refractivity (Wildman–Crippen MR) is 122 cm³/mol. The monoisotopic (exact) mass is 460 g/mol. The first kappa shape index (κ1) is 26.0. The first-order chi connectivity index (χ1) is 15.1. The van der Waals surface area contributed by atoms with Gasteiger partial charge in [-0.1, -0.05) is 27.7 Å². The molecule has 1 aromatic rings. The Kier molecular flexibility index (Phi) is 7.02. The van der Waals surface area contributed by atoms with Crippen LogP contribution in [0, 0.1) is 24.2 Å². The molecule has 0 unspecified atom stereocenters. The number of carbonyl (C=O) groups is 3. The van der Waals surface area contributed by atoms with Gasteiger partial charge in [-0.05, 0) is 27.2 Å². The van der Waals surface area contributed by atoms with Gasteiger partial charge >= 0.3 is 0 Å². The summed E-state index contributed by atoms with van der Waals surface area (Å²) in [6.45, 7) is 10.7. The van der Waals surface area contributed by atoms with Gasteiger partial charge in [0.1, 0.15) is 39.9 Å². The Morgan fingerprint density at radius 3 is 1.94 bits per heavy atom. The molecule has 180 valence electrons. The Labute approximate surface area is 192 Å². The van der Waals surface area contributed by atoms with E-state index in [2.05, 4.69) is 0 Å². The highest BCUT2D eigenvalue weighted by Gasteiger charge is 2.46. The molecule has 0 aliphatic heterocycles. The summed E-state index contributed by atoms with van der Waals surface area (Å²) in [5, 5.41) is 53.5. The molecule has 0 saturated heterocycles. The summed E-state index contributed by atoms with van der Waals surface area (Å²) in [5.74, 6) is -6.09. The Balaban J connectivity index is 2.81. The van der Waals surface area contributed by atoms with Crippen molar-refractivity contribution in [1.82, 2.24) is 0 Å². The van der Waals surface area contributed by atoms with E-state index in [0.717, 1.165) is 0 Å². The number of ketones is 3. The number of phenolic OH excluding ortho intramolecular Hbond substituents is 3. The molecule has 1 aliphatic rings. The molecule has 0 fully saturated rings. The van der Waals surface area contributed by atoms with Crippen LogP contribution < -0.4 is 0 Å². The van der Waals surface area contributed by atoms with Crippen molar-refractivity contribution in [3.63, 3.8) is 0 Å². The van der Waals surface area contributed by atoms with Crippen molar-refractivity contribution in [2.75, 3.05) is 0 Å². The van der Waals surface area contributed by atoms with Crippen LogP contribution in [0.5, 0.6) is 17.2 Å². The van der Waals surface area contributed by atoms with Crippen molar-refractivity contribution in [2.24, 2.45) is 17.3 Å². The number of rotatable bonds is 7. The van der Waals surface area contributed by atoms with Crippen molar-refractivity contribution in [3.8, 4) is 17.2 Å². The molecule has 1 aromatic carbocycles. The zero-order valence-electron chi connectivity index (χ0n) is 20.0. The molecule has 0 amide bonds. The summed E-state index contributed by atoms with van der Waals surface area (Å²) in [6, 6.07) is 0. The van der Waals surface area contributed by atoms with Gasteiger partial charge in [0.05, 0.1) is 5.41 Å². The second-order valence-corrected chi connectivity index (χ2v) is 9.40. The minimum atomic E-state index is -1.55. The van der Waals surface area contributed by atoms with Crippen LogP contribution in [0.15, 0.2) is 22.7 Å². The highest BCUT2D eigenvalue weighted by atomic mass is 16.3. The average Bonchev–Trinajstić information content (AvgIpc) is 2.75. The maximum absolute atomic E-state index is 13.0. The molecule has 5 N–H and O–H groups in total. The van der Waals surface area contributed by atoms with Gasteiger partial charge in [0.2, 0.25) is 0 Å². The van der Waals surface area contributed by atoms with Crippen LogP contribution in [0.3, 0.4) is 0 Å². The normalized spacial score (nSPS) is 17.0. The lowest BCUT2D eigenvalue weighted by Gasteiger charge is -2.32. The van der Waals surface area contributed by atoms with E-state index in [-0.39, 0.29) is 22.3 Å². The van der Waals surface area contributed by atoms with Crippen molar-refractivity contribution < 1.29 is 39.9 Å². The minimum Gasteiger partial charge on any atom is -0.511 e. The van der Waals surface area contributed by atoms with Crippen LogP contribution >= 0.6 is 0 Å². The summed E-state index contributed by atoms with van der Waals surface area (Å²) in [5.41, 5.74) is -2.92. The van der Waals surface area contributed by atoms with E-state index < -0.39 is 75.4 Å². The number of carbonyl (C=O) groups excluding carboxylic acids is 3. The highest BCUT2D eigenvalue weighted by Crippen LogP contribution is 2.46. The number of Topliss-reactive ketones (excluding diaryl/α,β-unsaturated/α-hetero) is 3. The van der Waals surface area contributed by atoms with Crippen LogP contribution in [-0.2, 0) is 16.0 Å². The van der Waals surface area contributed by atoms with Gasteiger partial charge in [0.15, 0.2) is 17.3 Å². The topological polar surface area (TPSA) is 152 Å². The van der Waals surface area contributed by atoms with E-state index in [9.17, 15) is 39.9 Å². The molecule has 1 atom stereocenters. The largest absolute Gasteiger partial charge is 0.511 e. The smallest absolute Gasteiger partial charge is 0.183 e. The first-order valence-electron chi connectivity index (χ1n) is 10.9. The molecular weight excluding hydrogens is 428 g/mol. The third-order valence-electron chi connectivity index (χ3n) is 6.38. The van der Waals surface area contributed by atoms with E-state index in [1.807, 2.05) is 0 Å². The zero-order chi connectivity index (χ0) is 25.6. The fourth-order valence-electron chi connectivity index (χ4n) is 3.76. The summed E-state index contributed by atoms with van der Waals surface area (Å²) in [4.78, 5) is 38.5. The lowest BCUT2D eigenvalue weighted by Crippen LogP contribution is -2.38. The Morgan fingerprint density at radius 1 is 0.909 bits per heavy atom. The summed E-state index contributed by atoms with van der Waals surface area (Å²) in [7, 11) is 0. The molecule has 0 saturated carbocycles. The summed E-state index contributed by atoms with van der Waals surface area (Å²) in [6.07, 6.45) is -0.0728. The van der Waals surface area contributed by atoms with Gasteiger partial charge in [0, 0.05) is 35.0 Å². The van der Waals surface area contributed by atoms with Gasteiger partial charge in [-0.2, -0.15) is 0 Å². The summed E-state index contributed by atoms with van der Waals surface area (Å²) >= 11 is 0. The number of benzene rings is 1. The lowest BCUT2D eigenvalue weighted by atomic mass is 9.72. The molecule has 2 rings (SSSR count). The maximum Gasteiger partial charge on any atom is 0.183 e. The van der Waals surface area contributed by atoms with Crippen LogP contribution in [0.25, 0.3) is 0 Å². The molecule has 0 aromatic heterocycles. The van der Waals surface area contributed by atoms with Crippen molar-refractivity contribution in [1.29, 1.82) is 0 Å². The highest BCUT2D eigenvalue weighted by molar-refractivity contribution is 6.24. The second kappa shape index (κ2) is 8.92. The predicted octanol–water partition coefficient (Wildman–Crippen LogP) is 4.34. The number of phenols is 3. The van der Waals surface area contributed by atoms with Crippen LogP contribution in [0.2, 0.25) is 0 Å². The zero-order valence-corrected chi connectivity index (χ0v) is 20.0. The molecule has 8 nitrogen and oxygen atoms in total. The number of hydrogen-bond donors (Lipinski definition) is 5. The Hall–Kier alpha value is -3.29. The quantitative estimate of drug-likeness (QED) is 0.297. The van der Waals surface area contributed by atoms with Gasteiger partial charge < -0.3 is 25.5 Å². The molecule has 1 aliphatic carbocycles. The van der Waals surface area contributed by atoms with E-state index in [1.165, 1.54) is 20.8 Å². The molecular formula is C25H32O8. The number of aliphatic hydroxyl groups is 2. The molecule has 33 heavy (non-hydrogen) atoms. The van der Waals surface area contributed by atoms with Gasteiger partial charge in [-0.15, -0.1) is 0 Å². The second-order valence-electron chi connectivity index (χ2n) is 9.40. The van der Waals surface area contributed by atoms with E-state index in [0.29, 0.717) is 6.42 Å². The van der Waals surface area contributed by atoms with E-state index in [1.54, 1.807) is 27.7 Å². The van der Waals surface area contributed by atoms with Crippen molar-refractivity contribution in [2.45, 2.75) is 61.3 Å². The van der Waals surface area contributed by atoms with Gasteiger partial charge in [-0.3, -0.25) is 14.4 Å². The number of hydrogen-bond acceptors (Lipinski definition) is 8. The Bertz CT molecular complexity index is 1100. The molecule has 0 heterocycles. The molecule has 0 spiro atoms.